The molecule has 3 saturated heterocycles. The van der Waals surface area contributed by atoms with E-state index in [0.29, 0.717) is 11.0 Å². The molecule has 148 valence electrons. The van der Waals surface area contributed by atoms with Gasteiger partial charge in [-0.15, -0.1) is 11.6 Å². The molecule has 2 amide bonds. The quantitative estimate of drug-likeness (QED) is 0.562. The fourth-order valence-electron chi connectivity index (χ4n) is 4.76. The topological polar surface area (TPSA) is 90.6 Å². The van der Waals surface area contributed by atoms with Crippen LogP contribution in [0.15, 0.2) is 18.2 Å². The average molecular weight is 415 g/mol. The zero-order valence-corrected chi connectivity index (χ0v) is 15.4. The van der Waals surface area contributed by atoms with Crippen LogP contribution < -0.4 is 4.90 Å². The number of hydrogen-bond acceptors (Lipinski definition) is 5. The first-order chi connectivity index (χ1) is 12.9. The van der Waals surface area contributed by atoms with Gasteiger partial charge in [0.25, 0.3) is 0 Å². The van der Waals surface area contributed by atoms with Gasteiger partial charge < -0.3 is 9.84 Å². The summed E-state index contributed by atoms with van der Waals surface area (Å²) in [6.45, 7) is 2.98. The van der Waals surface area contributed by atoms with Crippen LogP contribution in [0.4, 0.5) is 18.9 Å². The molecule has 3 aliphatic rings. The molecule has 6 nitrogen and oxygen atoms in total. The van der Waals surface area contributed by atoms with Crippen LogP contribution in [-0.4, -0.2) is 39.6 Å². The molecule has 2 unspecified atom stereocenters. The van der Waals surface area contributed by atoms with Gasteiger partial charge in [-0.2, -0.15) is 18.4 Å². The van der Waals surface area contributed by atoms with Crippen LogP contribution in [0.1, 0.15) is 25.0 Å². The Hall–Kier alpha value is -2.15. The van der Waals surface area contributed by atoms with Crippen LogP contribution in [0.25, 0.3) is 0 Å². The van der Waals surface area contributed by atoms with Crippen molar-refractivity contribution in [2.24, 2.45) is 11.8 Å². The zero-order chi connectivity index (χ0) is 20.8. The first kappa shape index (κ1) is 19.2. The van der Waals surface area contributed by atoms with E-state index in [9.17, 15) is 27.9 Å². The number of rotatable bonds is 1. The van der Waals surface area contributed by atoms with Crippen LogP contribution in [0.3, 0.4) is 0 Å². The maximum Gasteiger partial charge on any atom is 0.417 e. The number of carbonyl (C=O) groups is 2. The molecule has 2 bridgehead atoms. The molecule has 0 radical (unpaired) electrons. The number of imide groups is 1. The molecule has 3 fully saturated rings. The second-order valence-electron chi connectivity index (χ2n) is 7.62. The maximum atomic E-state index is 13.3. The number of nitrogens with zero attached hydrogens (tertiary/aromatic N) is 2. The van der Waals surface area contributed by atoms with E-state index >= 15 is 0 Å². The molecule has 6 atom stereocenters. The number of ether oxygens (including phenoxy) is 1. The molecule has 28 heavy (non-hydrogen) atoms. The molecule has 0 saturated carbocycles. The summed E-state index contributed by atoms with van der Waals surface area (Å²) in [4.78, 5) is 26.7. The number of anilines is 1. The van der Waals surface area contributed by atoms with Crippen molar-refractivity contribution in [2.75, 3.05) is 4.90 Å². The third-order valence-electron chi connectivity index (χ3n) is 6.08. The average Bonchev–Trinajstić information content (AvgIpc) is 3.10. The van der Waals surface area contributed by atoms with E-state index in [-0.39, 0.29) is 5.69 Å². The van der Waals surface area contributed by atoms with Crippen LogP contribution in [0.2, 0.25) is 0 Å². The second kappa shape index (κ2) is 5.47. The minimum atomic E-state index is -4.83. The van der Waals surface area contributed by atoms with Gasteiger partial charge in [-0.1, -0.05) is 0 Å². The van der Waals surface area contributed by atoms with E-state index in [1.54, 1.807) is 0 Å². The summed E-state index contributed by atoms with van der Waals surface area (Å²) < 4.78 is 45.6. The highest BCUT2D eigenvalue weighted by Gasteiger charge is 2.79. The Kier molecular flexibility index (Phi) is 3.74. The molecule has 1 N–H and O–H groups in total. The van der Waals surface area contributed by atoms with E-state index in [1.165, 1.54) is 19.9 Å². The second-order valence-corrected chi connectivity index (χ2v) is 8.09. The highest BCUT2D eigenvalue weighted by molar-refractivity contribution is 6.26. The Morgan fingerprint density at radius 1 is 1.21 bits per heavy atom. The van der Waals surface area contributed by atoms with E-state index in [0.717, 1.165) is 12.1 Å². The lowest BCUT2D eigenvalue weighted by atomic mass is 9.67. The Labute approximate surface area is 162 Å². The van der Waals surface area contributed by atoms with Crippen molar-refractivity contribution in [1.29, 1.82) is 5.26 Å². The molecule has 1 aromatic rings. The number of amides is 2. The lowest BCUT2D eigenvalue weighted by molar-refractivity contribution is -0.138. The molecular weight excluding hydrogens is 401 g/mol. The Balaban J connectivity index is 1.82. The number of benzene rings is 1. The van der Waals surface area contributed by atoms with Crippen molar-refractivity contribution in [3.8, 4) is 6.07 Å². The van der Waals surface area contributed by atoms with E-state index in [2.05, 4.69) is 0 Å². The molecule has 3 aliphatic heterocycles. The number of nitriles is 1. The monoisotopic (exact) mass is 414 g/mol. The van der Waals surface area contributed by atoms with Crippen LogP contribution in [0.5, 0.6) is 0 Å². The summed E-state index contributed by atoms with van der Waals surface area (Å²) in [6, 6.07) is 4.09. The van der Waals surface area contributed by atoms with Crippen LogP contribution >= 0.6 is 11.6 Å². The summed E-state index contributed by atoms with van der Waals surface area (Å²) in [5.41, 5.74) is -4.90. The van der Waals surface area contributed by atoms with E-state index < -0.39 is 63.6 Å². The van der Waals surface area contributed by atoms with Gasteiger partial charge in [0.15, 0.2) is 0 Å². The van der Waals surface area contributed by atoms with Crippen molar-refractivity contribution in [3.05, 3.63) is 29.3 Å². The van der Waals surface area contributed by atoms with Crippen LogP contribution in [-0.2, 0) is 20.5 Å². The molecule has 0 aromatic heterocycles. The molecule has 0 spiro atoms. The number of carbonyl (C=O) groups excluding carboxylic acids is 2. The van der Waals surface area contributed by atoms with Gasteiger partial charge in [0.05, 0.1) is 45.7 Å². The molecular formula is C18H14ClF3N2O4. The van der Waals surface area contributed by atoms with Crippen molar-refractivity contribution < 1.29 is 32.6 Å². The van der Waals surface area contributed by atoms with E-state index in [1.807, 2.05) is 0 Å². The summed E-state index contributed by atoms with van der Waals surface area (Å²) in [6.07, 6.45) is -6.05. The molecule has 0 aliphatic carbocycles. The summed E-state index contributed by atoms with van der Waals surface area (Å²) in [5.74, 6) is -3.60. The maximum absolute atomic E-state index is 13.3. The van der Waals surface area contributed by atoms with Gasteiger partial charge in [-0.25, -0.2) is 4.90 Å². The highest BCUT2D eigenvalue weighted by Crippen LogP contribution is 2.62. The summed E-state index contributed by atoms with van der Waals surface area (Å²) in [7, 11) is 0. The third kappa shape index (κ3) is 2.11. The molecule has 3 heterocycles. The summed E-state index contributed by atoms with van der Waals surface area (Å²) in [5, 5.41) is 18.4. The lowest BCUT2D eigenvalue weighted by Crippen LogP contribution is -2.55. The smallest absolute Gasteiger partial charge is 0.388 e. The fourth-order valence-corrected chi connectivity index (χ4v) is 5.19. The van der Waals surface area contributed by atoms with Gasteiger partial charge in [0.1, 0.15) is 11.7 Å². The molecule has 10 heteroatoms. The molecule has 1 aromatic carbocycles. The number of aliphatic hydroxyl groups excluding tert-OH is 1. The minimum Gasteiger partial charge on any atom is -0.388 e. The Morgan fingerprint density at radius 3 is 2.32 bits per heavy atom. The normalized spacial score (nSPS) is 39.4. The molecule has 4 rings (SSSR count). The fraction of sp³-hybridized carbons (Fsp3) is 0.500. The standard InChI is InChI=1S/C18H14ClF3N2O4/c1-16-10-11(17(2,28-16)13(25)12(16)19)15(27)24(14(10)26)8-4-3-7(6-23)9(5-8)18(20,21)22/h3-5,10-13,25H,1-2H3/t10-,11+,12-,13+,16?,17?/m0/s1. The van der Waals surface area contributed by atoms with Crippen LogP contribution in [0, 0.1) is 23.2 Å². The van der Waals surface area contributed by atoms with Gasteiger partial charge in [0, 0.05) is 0 Å². The van der Waals surface area contributed by atoms with Gasteiger partial charge in [-0.05, 0) is 32.0 Å². The van der Waals surface area contributed by atoms with Crippen molar-refractivity contribution in [3.63, 3.8) is 0 Å². The largest absolute Gasteiger partial charge is 0.417 e. The zero-order valence-electron chi connectivity index (χ0n) is 14.6. The van der Waals surface area contributed by atoms with Gasteiger partial charge in [-0.3, -0.25) is 9.59 Å². The lowest BCUT2D eigenvalue weighted by Gasteiger charge is -2.35. The Bertz CT molecular complexity index is 923. The van der Waals surface area contributed by atoms with E-state index in [4.69, 9.17) is 21.6 Å². The highest BCUT2D eigenvalue weighted by atomic mass is 35.5. The SMILES string of the molecule is CC12OC(C)([C@H](O)[C@@H]1Cl)[C@H]1C(=O)N(c3ccc(C#N)c(C(F)(F)F)c3)C(=O)[C@H]12. The number of aliphatic hydroxyl groups is 1. The van der Waals surface area contributed by atoms with Gasteiger partial charge in [0.2, 0.25) is 11.8 Å². The van der Waals surface area contributed by atoms with Crippen molar-refractivity contribution in [2.45, 2.75) is 42.7 Å². The van der Waals surface area contributed by atoms with Gasteiger partial charge >= 0.3 is 6.18 Å². The Morgan fingerprint density at radius 2 is 1.79 bits per heavy atom. The summed E-state index contributed by atoms with van der Waals surface area (Å²) >= 11 is 6.25. The van der Waals surface area contributed by atoms with Crippen molar-refractivity contribution >= 4 is 29.1 Å². The number of hydrogen-bond donors (Lipinski definition) is 1. The number of fused-ring (bicyclic) bond motifs is 5. The minimum absolute atomic E-state index is 0.289. The third-order valence-corrected chi connectivity index (χ3v) is 6.75. The first-order valence-corrected chi connectivity index (χ1v) is 8.83. The number of alkyl halides is 4. The predicted molar refractivity (Wildman–Crippen MR) is 89.2 cm³/mol. The van der Waals surface area contributed by atoms with Crippen molar-refractivity contribution in [1.82, 2.24) is 0 Å². The number of halogens is 4. The first-order valence-electron chi connectivity index (χ1n) is 8.39. The predicted octanol–water partition coefficient (Wildman–Crippen LogP) is 2.21.